The first-order valence-electron chi connectivity index (χ1n) is 5.79. The lowest BCUT2D eigenvalue weighted by atomic mass is 10.1. The van der Waals surface area contributed by atoms with Crippen molar-refractivity contribution in [1.29, 1.82) is 0 Å². The highest BCUT2D eigenvalue weighted by atomic mass is 32.2. The fraction of sp³-hybridized carbons (Fsp3) is 0.417. The topological polar surface area (TPSA) is 89.3 Å². The highest BCUT2D eigenvalue weighted by Crippen LogP contribution is 2.27. The lowest BCUT2D eigenvalue weighted by molar-refractivity contribution is 0.0951. The molecule has 0 unspecified atom stereocenters. The van der Waals surface area contributed by atoms with Gasteiger partial charge >= 0.3 is 0 Å². The molecule has 1 amide bonds. The molecule has 0 atom stereocenters. The minimum atomic E-state index is -3.78. The second kappa shape index (κ2) is 4.70. The summed E-state index contributed by atoms with van der Waals surface area (Å²) in [6, 6.07) is 4.41. The van der Waals surface area contributed by atoms with Crippen LogP contribution in [0, 0.1) is 12.8 Å². The van der Waals surface area contributed by atoms with Crippen molar-refractivity contribution in [3.63, 3.8) is 0 Å². The Bertz CT molecular complexity index is 577. The molecule has 0 saturated heterocycles. The monoisotopic (exact) mass is 268 g/mol. The van der Waals surface area contributed by atoms with E-state index in [0.717, 1.165) is 12.8 Å². The van der Waals surface area contributed by atoms with Gasteiger partial charge in [-0.2, -0.15) is 0 Å². The van der Waals surface area contributed by atoms with Crippen molar-refractivity contribution in [2.75, 3.05) is 6.54 Å². The van der Waals surface area contributed by atoms with Crippen molar-refractivity contribution in [2.24, 2.45) is 11.1 Å². The zero-order valence-electron chi connectivity index (χ0n) is 10.1. The third-order valence-corrected chi connectivity index (χ3v) is 3.78. The van der Waals surface area contributed by atoms with Crippen LogP contribution in [-0.2, 0) is 10.0 Å². The van der Waals surface area contributed by atoms with E-state index in [4.69, 9.17) is 5.14 Å². The highest BCUT2D eigenvalue weighted by Gasteiger charge is 2.22. The number of sulfonamides is 1. The molecule has 1 aliphatic rings. The molecule has 2 rings (SSSR count). The number of nitrogens with one attached hydrogen (secondary N) is 1. The van der Waals surface area contributed by atoms with Crippen molar-refractivity contribution in [3.8, 4) is 0 Å². The van der Waals surface area contributed by atoms with Crippen LogP contribution < -0.4 is 10.5 Å². The third kappa shape index (κ3) is 3.30. The second-order valence-electron chi connectivity index (χ2n) is 4.73. The molecule has 0 bridgehead atoms. The summed E-state index contributed by atoms with van der Waals surface area (Å²) in [6.07, 6.45) is 2.30. The average molecular weight is 268 g/mol. The van der Waals surface area contributed by atoms with Gasteiger partial charge in [0.1, 0.15) is 0 Å². The van der Waals surface area contributed by atoms with Gasteiger partial charge in [0.15, 0.2) is 0 Å². The van der Waals surface area contributed by atoms with Crippen molar-refractivity contribution in [3.05, 3.63) is 29.3 Å². The molecule has 0 heterocycles. The van der Waals surface area contributed by atoms with Crippen LogP contribution in [0.3, 0.4) is 0 Å². The van der Waals surface area contributed by atoms with Crippen molar-refractivity contribution < 1.29 is 13.2 Å². The normalized spacial score (nSPS) is 15.4. The van der Waals surface area contributed by atoms with E-state index in [1.165, 1.54) is 12.1 Å². The lowest BCUT2D eigenvalue weighted by Crippen LogP contribution is -2.26. The molecule has 1 aromatic rings. The van der Waals surface area contributed by atoms with Gasteiger partial charge < -0.3 is 5.32 Å². The molecular formula is C12H16N2O3S. The van der Waals surface area contributed by atoms with E-state index >= 15 is 0 Å². The van der Waals surface area contributed by atoms with Crippen LogP contribution in [0.15, 0.2) is 23.1 Å². The number of nitrogens with two attached hydrogens (primary N) is 1. The third-order valence-electron chi connectivity index (χ3n) is 2.89. The predicted molar refractivity (Wildman–Crippen MR) is 67.6 cm³/mol. The molecule has 1 aliphatic carbocycles. The maximum atomic E-state index is 11.9. The summed E-state index contributed by atoms with van der Waals surface area (Å²) in [7, 11) is -3.78. The average Bonchev–Trinajstić information content (AvgIpc) is 3.07. The number of hydrogen-bond donors (Lipinski definition) is 2. The molecule has 0 aromatic heterocycles. The molecule has 1 aromatic carbocycles. The first-order valence-corrected chi connectivity index (χ1v) is 7.33. The van der Waals surface area contributed by atoms with Crippen LogP contribution in [0.1, 0.15) is 28.8 Å². The summed E-state index contributed by atoms with van der Waals surface area (Å²) >= 11 is 0. The molecule has 6 heteroatoms. The van der Waals surface area contributed by atoms with Crippen molar-refractivity contribution in [1.82, 2.24) is 5.32 Å². The zero-order chi connectivity index (χ0) is 13.3. The first-order chi connectivity index (χ1) is 8.36. The SMILES string of the molecule is Cc1cc(C(=O)NCC2CC2)cc(S(N)(=O)=O)c1. The molecule has 98 valence electrons. The summed E-state index contributed by atoms with van der Waals surface area (Å²) in [6.45, 7) is 2.38. The van der Waals surface area contributed by atoms with Gasteiger partial charge in [-0.1, -0.05) is 0 Å². The van der Waals surface area contributed by atoms with Gasteiger partial charge in [0.2, 0.25) is 10.0 Å². The number of hydrogen-bond acceptors (Lipinski definition) is 3. The largest absolute Gasteiger partial charge is 0.352 e. The van der Waals surface area contributed by atoms with Crippen LogP contribution >= 0.6 is 0 Å². The maximum absolute atomic E-state index is 11.9. The number of aryl methyl sites for hydroxylation is 1. The Morgan fingerprint density at radius 2 is 2.06 bits per heavy atom. The van der Waals surface area contributed by atoms with Crippen LogP contribution in [-0.4, -0.2) is 20.9 Å². The zero-order valence-corrected chi connectivity index (χ0v) is 11.0. The lowest BCUT2D eigenvalue weighted by Gasteiger charge is -2.07. The van der Waals surface area contributed by atoms with Crippen LogP contribution in [0.2, 0.25) is 0 Å². The maximum Gasteiger partial charge on any atom is 0.251 e. The summed E-state index contributed by atoms with van der Waals surface area (Å²) in [5.41, 5.74) is 1.03. The fourth-order valence-electron chi connectivity index (χ4n) is 1.70. The van der Waals surface area contributed by atoms with Gasteiger partial charge in [-0.05, 0) is 49.4 Å². The van der Waals surface area contributed by atoms with Gasteiger partial charge in [-0.15, -0.1) is 0 Å². The van der Waals surface area contributed by atoms with Gasteiger partial charge in [0, 0.05) is 12.1 Å². The van der Waals surface area contributed by atoms with E-state index in [2.05, 4.69) is 5.32 Å². The summed E-state index contributed by atoms with van der Waals surface area (Å²) in [5, 5.41) is 7.86. The second-order valence-corrected chi connectivity index (χ2v) is 6.29. The molecule has 3 N–H and O–H groups in total. The van der Waals surface area contributed by atoms with E-state index in [9.17, 15) is 13.2 Å². The Labute approximate surface area is 106 Å². The number of carbonyl (C=O) groups excluding carboxylic acids is 1. The number of carbonyl (C=O) groups is 1. The van der Waals surface area contributed by atoms with E-state index in [-0.39, 0.29) is 10.8 Å². The van der Waals surface area contributed by atoms with E-state index < -0.39 is 10.0 Å². The first kappa shape index (κ1) is 13.0. The quantitative estimate of drug-likeness (QED) is 0.845. The molecule has 1 saturated carbocycles. The molecule has 0 radical (unpaired) electrons. The van der Waals surface area contributed by atoms with E-state index in [1.54, 1.807) is 13.0 Å². The Balaban J connectivity index is 2.21. The van der Waals surface area contributed by atoms with Crippen LogP contribution in [0.5, 0.6) is 0 Å². The Morgan fingerprint density at radius 3 is 2.61 bits per heavy atom. The standard InChI is InChI=1S/C12H16N2O3S/c1-8-4-10(6-11(5-8)18(13,16)17)12(15)14-7-9-2-3-9/h4-6,9H,2-3,7H2,1H3,(H,14,15)(H2,13,16,17). The Kier molecular flexibility index (Phi) is 3.41. The smallest absolute Gasteiger partial charge is 0.251 e. The van der Waals surface area contributed by atoms with Crippen molar-refractivity contribution in [2.45, 2.75) is 24.7 Å². The fourth-order valence-corrected chi connectivity index (χ4v) is 2.35. The van der Waals surface area contributed by atoms with Crippen LogP contribution in [0.4, 0.5) is 0 Å². The minimum Gasteiger partial charge on any atom is -0.352 e. The Hall–Kier alpha value is -1.40. The molecule has 18 heavy (non-hydrogen) atoms. The number of rotatable bonds is 4. The highest BCUT2D eigenvalue weighted by molar-refractivity contribution is 7.89. The van der Waals surface area contributed by atoms with Gasteiger partial charge in [0.25, 0.3) is 5.91 Å². The molecule has 5 nitrogen and oxygen atoms in total. The number of amides is 1. The predicted octanol–water partition coefficient (Wildman–Crippen LogP) is 0.782. The summed E-state index contributed by atoms with van der Waals surface area (Å²) < 4.78 is 22.6. The van der Waals surface area contributed by atoms with Gasteiger partial charge in [-0.25, -0.2) is 13.6 Å². The minimum absolute atomic E-state index is 0.0286. The number of benzene rings is 1. The van der Waals surface area contributed by atoms with Crippen molar-refractivity contribution >= 4 is 15.9 Å². The van der Waals surface area contributed by atoms with Crippen LogP contribution in [0.25, 0.3) is 0 Å². The number of primary sulfonamides is 1. The summed E-state index contributed by atoms with van der Waals surface area (Å²) in [5.74, 6) is 0.326. The molecule has 1 fully saturated rings. The van der Waals surface area contributed by atoms with Gasteiger partial charge in [-0.3, -0.25) is 4.79 Å². The molecule has 0 spiro atoms. The van der Waals surface area contributed by atoms with E-state index in [1.807, 2.05) is 0 Å². The Morgan fingerprint density at radius 1 is 1.39 bits per heavy atom. The van der Waals surface area contributed by atoms with E-state index in [0.29, 0.717) is 23.6 Å². The molecular weight excluding hydrogens is 252 g/mol. The summed E-state index contributed by atoms with van der Waals surface area (Å²) in [4.78, 5) is 11.8. The molecule has 0 aliphatic heterocycles. The van der Waals surface area contributed by atoms with Gasteiger partial charge in [0.05, 0.1) is 4.90 Å².